The van der Waals surface area contributed by atoms with Crippen LogP contribution >= 0.6 is 23.7 Å². The van der Waals surface area contributed by atoms with Crippen molar-refractivity contribution in [3.8, 4) is 0 Å². The first-order valence-corrected chi connectivity index (χ1v) is 6.06. The molecule has 4 nitrogen and oxygen atoms in total. The fraction of sp³-hybridized carbons (Fsp3) is 0.600. The Kier molecular flexibility index (Phi) is 5.18. The summed E-state index contributed by atoms with van der Waals surface area (Å²) >= 11 is 1.59. The van der Waals surface area contributed by atoms with E-state index in [0.717, 1.165) is 30.1 Å². The number of nitrogens with zero attached hydrogens (tertiary/aromatic N) is 1. The summed E-state index contributed by atoms with van der Waals surface area (Å²) in [7, 11) is 0. The number of nitrogens with one attached hydrogen (secondary N) is 2. The van der Waals surface area contributed by atoms with Gasteiger partial charge in [-0.3, -0.25) is 4.79 Å². The van der Waals surface area contributed by atoms with Gasteiger partial charge in [0, 0.05) is 11.1 Å². The van der Waals surface area contributed by atoms with Gasteiger partial charge in [-0.1, -0.05) is 0 Å². The number of aromatic nitrogens is 1. The van der Waals surface area contributed by atoms with E-state index in [9.17, 15) is 4.79 Å². The molecule has 2 rings (SSSR count). The second kappa shape index (κ2) is 6.18. The van der Waals surface area contributed by atoms with Crippen LogP contribution in [-0.4, -0.2) is 23.5 Å². The Morgan fingerprint density at radius 1 is 1.75 bits per heavy atom. The molecule has 1 atom stereocenters. The summed E-state index contributed by atoms with van der Waals surface area (Å²) < 4.78 is 0. The van der Waals surface area contributed by atoms with E-state index < -0.39 is 0 Å². The number of hydrogen-bond donors (Lipinski definition) is 2. The van der Waals surface area contributed by atoms with Gasteiger partial charge >= 0.3 is 0 Å². The van der Waals surface area contributed by atoms with Gasteiger partial charge in [-0.05, 0) is 26.3 Å². The molecule has 0 spiro atoms. The Morgan fingerprint density at radius 2 is 2.56 bits per heavy atom. The van der Waals surface area contributed by atoms with Crippen LogP contribution in [0.4, 0.5) is 0 Å². The quantitative estimate of drug-likeness (QED) is 0.861. The van der Waals surface area contributed by atoms with Crippen molar-refractivity contribution in [1.29, 1.82) is 0 Å². The average molecular weight is 262 g/mol. The molecule has 1 aromatic rings. The first-order chi connectivity index (χ1) is 7.25. The Balaban J connectivity index is 0.00000128. The lowest BCUT2D eigenvalue weighted by Crippen LogP contribution is -2.39. The van der Waals surface area contributed by atoms with E-state index >= 15 is 0 Å². The zero-order valence-electron chi connectivity index (χ0n) is 9.16. The van der Waals surface area contributed by atoms with E-state index in [1.165, 1.54) is 0 Å². The van der Waals surface area contributed by atoms with Crippen molar-refractivity contribution in [2.45, 2.75) is 32.4 Å². The van der Waals surface area contributed by atoms with Gasteiger partial charge in [-0.15, -0.1) is 23.7 Å². The van der Waals surface area contributed by atoms with Crippen LogP contribution in [0.15, 0.2) is 5.38 Å². The standard InChI is InChI=1S/C10H15N3OS.ClH/c1-7-6-15-9(13-7)5-12-10(14)8-3-2-4-11-8;/h6,8,11H,2-5H2,1H3,(H,12,14);1H. The maximum atomic E-state index is 11.6. The Hall–Kier alpha value is -0.650. The molecule has 1 aromatic heterocycles. The molecule has 0 aromatic carbocycles. The second-order valence-corrected chi connectivity index (χ2v) is 4.69. The molecule has 0 bridgehead atoms. The molecule has 1 unspecified atom stereocenters. The molecule has 90 valence electrons. The van der Waals surface area contributed by atoms with Gasteiger partial charge in [0.25, 0.3) is 0 Å². The number of rotatable bonds is 3. The molecule has 0 aliphatic carbocycles. The van der Waals surface area contributed by atoms with Crippen LogP contribution in [0.3, 0.4) is 0 Å². The van der Waals surface area contributed by atoms with Crippen molar-refractivity contribution < 1.29 is 4.79 Å². The zero-order chi connectivity index (χ0) is 10.7. The maximum Gasteiger partial charge on any atom is 0.237 e. The summed E-state index contributed by atoms with van der Waals surface area (Å²) in [5, 5.41) is 9.04. The molecule has 0 radical (unpaired) electrons. The summed E-state index contributed by atoms with van der Waals surface area (Å²) in [4.78, 5) is 15.9. The Bertz CT molecular complexity index is 350. The lowest BCUT2D eigenvalue weighted by atomic mass is 10.2. The van der Waals surface area contributed by atoms with Gasteiger partial charge in [-0.2, -0.15) is 0 Å². The summed E-state index contributed by atoms with van der Waals surface area (Å²) in [6.07, 6.45) is 2.04. The SMILES string of the molecule is Cc1csc(CNC(=O)C2CCCN2)n1.Cl. The molecular weight excluding hydrogens is 246 g/mol. The van der Waals surface area contributed by atoms with Crippen molar-refractivity contribution in [2.24, 2.45) is 0 Å². The summed E-state index contributed by atoms with van der Waals surface area (Å²) in [5.74, 6) is 0.0975. The first-order valence-electron chi connectivity index (χ1n) is 5.18. The molecule has 6 heteroatoms. The molecule has 1 fully saturated rings. The molecular formula is C10H16ClN3OS. The van der Waals surface area contributed by atoms with E-state index in [1.54, 1.807) is 11.3 Å². The minimum absolute atomic E-state index is 0. The topological polar surface area (TPSA) is 54.0 Å². The molecule has 16 heavy (non-hydrogen) atoms. The van der Waals surface area contributed by atoms with Crippen LogP contribution in [0, 0.1) is 6.92 Å². The molecule has 1 amide bonds. The number of carbonyl (C=O) groups is 1. The molecule has 1 aliphatic heterocycles. The van der Waals surface area contributed by atoms with Gasteiger partial charge in [0.05, 0.1) is 12.6 Å². The highest BCUT2D eigenvalue weighted by Gasteiger charge is 2.21. The largest absolute Gasteiger partial charge is 0.348 e. The fourth-order valence-electron chi connectivity index (χ4n) is 1.68. The molecule has 0 saturated carbocycles. The van der Waals surface area contributed by atoms with Crippen molar-refractivity contribution in [3.63, 3.8) is 0 Å². The van der Waals surface area contributed by atoms with Crippen molar-refractivity contribution in [1.82, 2.24) is 15.6 Å². The monoisotopic (exact) mass is 261 g/mol. The van der Waals surface area contributed by atoms with Gasteiger partial charge in [-0.25, -0.2) is 4.98 Å². The minimum Gasteiger partial charge on any atom is -0.348 e. The molecule has 2 N–H and O–H groups in total. The van der Waals surface area contributed by atoms with Crippen LogP contribution in [0.5, 0.6) is 0 Å². The van der Waals surface area contributed by atoms with Gasteiger partial charge in [0.1, 0.15) is 5.01 Å². The van der Waals surface area contributed by atoms with Gasteiger partial charge < -0.3 is 10.6 Å². The number of amides is 1. The lowest BCUT2D eigenvalue weighted by molar-refractivity contribution is -0.122. The van der Waals surface area contributed by atoms with Crippen molar-refractivity contribution >= 4 is 29.7 Å². The fourth-order valence-corrected chi connectivity index (χ4v) is 2.39. The average Bonchev–Trinajstić information content (AvgIpc) is 2.84. The summed E-state index contributed by atoms with van der Waals surface area (Å²) in [5.41, 5.74) is 1.02. The van der Waals surface area contributed by atoms with Crippen molar-refractivity contribution in [2.75, 3.05) is 6.54 Å². The Labute approximate surface area is 105 Å². The van der Waals surface area contributed by atoms with Crippen molar-refractivity contribution in [3.05, 3.63) is 16.1 Å². The minimum atomic E-state index is 0. The zero-order valence-corrected chi connectivity index (χ0v) is 10.8. The highest BCUT2D eigenvalue weighted by Crippen LogP contribution is 2.09. The number of thiazole rings is 1. The third kappa shape index (κ3) is 3.43. The summed E-state index contributed by atoms with van der Waals surface area (Å²) in [6.45, 7) is 3.46. The second-order valence-electron chi connectivity index (χ2n) is 3.75. The van der Waals surface area contributed by atoms with E-state index in [4.69, 9.17) is 0 Å². The predicted octanol–water partition coefficient (Wildman–Crippen LogP) is 1.24. The van der Waals surface area contributed by atoms with E-state index in [2.05, 4.69) is 15.6 Å². The van der Waals surface area contributed by atoms with Crippen LogP contribution in [0.2, 0.25) is 0 Å². The van der Waals surface area contributed by atoms with Crippen LogP contribution in [0.1, 0.15) is 23.5 Å². The van der Waals surface area contributed by atoms with E-state index in [-0.39, 0.29) is 24.4 Å². The van der Waals surface area contributed by atoms with E-state index in [0.29, 0.717) is 6.54 Å². The Morgan fingerprint density at radius 3 is 3.12 bits per heavy atom. The maximum absolute atomic E-state index is 11.6. The first kappa shape index (κ1) is 13.4. The normalized spacial score (nSPS) is 19.2. The van der Waals surface area contributed by atoms with Gasteiger partial charge in [0.2, 0.25) is 5.91 Å². The lowest BCUT2D eigenvalue weighted by Gasteiger charge is -2.09. The highest BCUT2D eigenvalue weighted by molar-refractivity contribution is 7.09. The van der Waals surface area contributed by atoms with Crippen LogP contribution in [-0.2, 0) is 11.3 Å². The molecule has 1 aliphatic rings. The number of halogens is 1. The number of hydrogen-bond acceptors (Lipinski definition) is 4. The van der Waals surface area contributed by atoms with E-state index in [1.807, 2.05) is 12.3 Å². The van der Waals surface area contributed by atoms with Crippen LogP contribution in [0.25, 0.3) is 0 Å². The summed E-state index contributed by atoms with van der Waals surface area (Å²) in [6, 6.07) is 0.00561. The molecule has 1 saturated heterocycles. The van der Waals surface area contributed by atoms with Crippen LogP contribution < -0.4 is 10.6 Å². The molecule has 2 heterocycles. The number of aryl methyl sites for hydroxylation is 1. The predicted molar refractivity (Wildman–Crippen MR) is 67.0 cm³/mol. The third-order valence-corrected chi connectivity index (χ3v) is 3.42. The number of carbonyl (C=O) groups excluding carboxylic acids is 1. The third-order valence-electron chi connectivity index (χ3n) is 2.46. The smallest absolute Gasteiger partial charge is 0.237 e. The highest BCUT2D eigenvalue weighted by atomic mass is 35.5. The van der Waals surface area contributed by atoms with Gasteiger partial charge in [0.15, 0.2) is 0 Å².